The summed E-state index contributed by atoms with van der Waals surface area (Å²) in [6, 6.07) is 8.80. The summed E-state index contributed by atoms with van der Waals surface area (Å²) in [5.74, 6) is 0.815. The van der Waals surface area contributed by atoms with Gasteiger partial charge < -0.3 is 5.32 Å². The van der Waals surface area contributed by atoms with Gasteiger partial charge in [-0.05, 0) is 45.4 Å². The van der Waals surface area contributed by atoms with E-state index in [0.29, 0.717) is 0 Å². The smallest absolute Gasteiger partial charge is 0.125 e. The molecular formula is C17H23N3. The molecule has 1 aromatic heterocycles. The molecule has 1 N–H and O–H groups in total. The number of aryl methyl sites for hydroxylation is 3. The van der Waals surface area contributed by atoms with Gasteiger partial charge >= 0.3 is 0 Å². The highest BCUT2D eigenvalue weighted by Crippen LogP contribution is 2.22. The van der Waals surface area contributed by atoms with Crippen molar-refractivity contribution in [2.75, 3.05) is 6.54 Å². The lowest BCUT2D eigenvalue weighted by Crippen LogP contribution is -2.24. The lowest BCUT2D eigenvalue weighted by atomic mass is 9.98. The van der Waals surface area contributed by atoms with Crippen LogP contribution in [0.3, 0.4) is 0 Å². The third kappa shape index (κ3) is 3.64. The number of rotatable bonds is 5. The van der Waals surface area contributed by atoms with Crippen molar-refractivity contribution in [2.24, 2.45) is 0 Å². The largest absolute Gasteiger partial charge is 0.305 e. The first-order valence-electron chi connectivity index (χ1n) is 7.21. The molecule has 20 heavy (non-hydrogen) atoms. The Morgan fingerprint density at radius 3 is 2.40 bits per heavy atom. The summed E-state index contributed by atoms with van der Waals surface area (Å²) in [6.45, 7) is 9.36. The Morgan fingerprint density at radius 2 is 1.80 bits per heavy atom. The molecule has 0 aliphatic heterocycles. The van der Waals surface area contributed by atoms with E-state index in [1.165, 1.54) is 16.7 Å². The molecule has 3 heteroatoms. The van der Waals surface area contributed by atoms with Crippen LogP contribution in [0.25, 0.3) is 0 Å². The molecule has 1 aromatic carbocycles. The average molecular weight is 269 g/mol. The predicted molar refractivity (Wildman–Crippen MR) is 82.8 cm³/mol. The van der Waals surface area contributed by atoms with Crippen LogP contribution in [0.4, 0.5) is 0 Å². The monoisotopic (exact) mass is 269 g/mol. The maximum atomic E-state index is 4.59. The average Bonchev–Trinajstić information content (AvgIpc) is 2.38. The molecule has 3 nitrogen and oxygen atoms in total. The molecule has 0 saturated carbocycles. The van der Waals surface area contributed by atoms with E-state index in [0.717, 1.165) is 24.5 Å². The van der Waals surface area contributed by atoms with E-state index >= 15 is 0 Å². The Labute approximate surface area is 121 Å². The highest BCUT2D eigenvalue weighted by atomic mass is 15.0. The fourth-order valence-corrected chi connectivity index (χ4v) is 2.49. The Bertz CT molecular complexity index is 558. The van der Waals surface area contributed by atoms with Crippen LogP contribution in [0.2, 0.25) is 0 Å². The van der Waals surface area contributed by atoms with Gasteiger partial charge in [0.2, 0.25) is 0 Å². The van der Waals surface area contributed by atoms with E-state index in [1.807, 2.05) is 19.2 Å². The van der Waals surface area contributed by atoms with Gasteiger partial charge in [-0.3, -0.25) is 0 Å². The third-order valence-corrected chi connectivity index (χ3v) is 3.27. The fourth-order valence-electron chi connectivity index (χ4n) is 2.49. The fraction of sp³-hybridized carbons (Fsp3) is 0.412. The van der Waals surface area contributed by atoms with Crippen LogP contribution < -0.4 is 5.32 Å². The molecule has 0 aliphatic rings. The minimum absolute atomic E-state index is 0.134. The molecule has 0 bridgehead atoms. The summed E-state index contributed by atoms with van der Waals surface area (Å²) >= 11 is 0. The molecule has 0 spiro atoms. The summed E-state index contributed by atoms with van der Waals surface area (Å²) in [5, 5.41) is 3.59. The van der Waals surface area contributed by atoms with E-state index < -0.39 is 0 Å². The molecule has 0 fully saturated rings. The summed E-state index contributed by atoms with van der Waals surface area (Å²) < 4.78 is 0. The normalized spacial score (nSPS) is 12.4. The molecule has 0 saturated heterocycles. The summed E-state index contributed by atoms with van der Waals surface area (Å²) in [4.78, 5) is 8.78. The number of hydrogen-bond acceptors (Lipinski definition) is 3. The molecule has 0 radical (unpaired) electrons. The SMILES string of the molecule is CCCNC(c1cc(C)cc(C)c1)c1ccnc(C)n1. The standard InChI is InChI=1S/C17H23N3/c1-5-7-19-17(16-6-8-18-14(4)20-16)15-10-12(2)9-13(3)11-15/h6,8-11,17,19H,5,7H2,1-4H3. The van der Waals surface area contributed by atoms with E-state index in [1.54, 1.807) is 0 Å². The topological polar surface area (TPSA) is 37.8 Å². The molecule has 2 aromatic rings. The van der Waals surface area contributed by atoms with Gasteiger partial charge in [-0.2, -0.15) is 0 Å². The van der Waals surface area contributed by atoms with Crippen LogP contribution in [0.5, 0.6) is 0 Å². The zero-order valence-corrected chi connectivity index (χ0v) is 12.8. The second kappa shape index (κ2) is 6.62. The zero-order valence-electron chi connectivity index (χ0n) is 12.8. The maximum absolute atomic E-state index is 4.59. The molecule has 106 valence electrons. The van der Waals surface area contributed by atoms with Crippen LogP contribution >= 0.6 is 0 Å². The number of nitrogens with one attached hydrogen (secondary N) is 1. The van der Waals surface area contributed by atoms with Crippen LogP contribution in [0.1, 0.15) is 47.6 Å². The Kier molecular flexibility index (Phi) is 4.85. The van der Waals surface area contributed by atoms with Gasteiger partial charge in [0.15, 0.2) is 0 Å². The van der Waals surface area contributed by atoms with Gasteiger partial charge in [-0.25, -0.2) is 9.97 Å². The van der Waals surface area contributed by atoms with Crippen molar-refractivity contribution in [1.29, 1.82) is 0 Å². The second-order valence-corrected chi connectivity index (χ2v) is 5.34. The number of nitrogens with zero attached hydrogens (tertiary/aromatic N) is 2. The van der Waals surface area contributed by atoms with Gasteiger partial charge in [0.05, 0.1) is 11.7 Å². The first-order chi connectivity index (χ1) is 9.60. The second-order valence-electron chi connectivity index (χ2n) is 5.34. The Morgan fingerprint density at radius 1 is 1.10 bits per heavy atom. The van der Waals surface area contributed by atoms with Crippen LogP contribution in [0, 0.1) is 20.8 Å². The number of benzene rings is 1. The van der Waals surface area contributed by atoms with E-state index in [-0.39, 0.29) is 6.04 Å². The summed E-state index contributed by atoms with van der Waals surface area (Å²) in [6.07, 6.45) is 2.94. The molecule has 0 aliphatic carbocycles. The molecule has 1 atom stereocenters. The van der Waals surface area contributed by atoms with Crippen molar-refractivity contribution >= 4 is 0 Å². The lowest BCUT2D eigenvalue weighted by Gasteiger charge is -2.20. The van der Waals surface area contributed by atoms with Gasteiger partial charge in [0, 0.05) is 6.20 Å². The highest BCUT2D eigenvalue weighted by Gasteiger charge is 2.15. The van der Waals surface area contributed by atoms with Crippen molar-refractivity contribution in [3.05, 3.63) is 58.7 Å². The number of aromatic nitrogens is 2. The van der Waals surface area contributed by atoms with Crippen molar-refractivity contribution < 1.29 is 0 Å². The first-order valence-corrected chi connectivity index (χ1v) is 7.21. The van der Waals surface area contributed by atoms with Gasteiger partial charge in [0.25, 0.3) is 0 Å². The summed E-state index contributed by atoms with van der Waals surface area (Å²) in [7, 11) is 0. The van der Waals surface area contributed by atoms with E-state index in [2.05, 4.69) is 54.3 Å². The predicted octanol–water partition coefficient (Wildman–Crippen LogP) is 3.49. The van der Waals surface area contributed by atoms with Crippen LogP contribution in [-0.2, 0) is 0 Å². The molecule has 2 rings (SSSR count). The van der Waals surface area contributed by atoms with Crippen molar-refractivity contribution in [1.82, 2.24) is 15.3 Å². The third-order valence-electron chi connectivity index (χ3n) is 3.27. The quantitative estimate of drug-likeness (QED) is 0.903. The van der Waals surface area contributed by atoms with Crippen molar-refractivity contribution in [2.45, 2.75) is 40.2 Å². The van der Waals surface area contributed by atoms with Crippen LogP contribution in [-0.4, -0.2) is 16.5 Å². The maximum Gasteiger partial charge on any atom is 0.125 e. The Balaban J connectivity index is 2.41. The highest BCUT2D eigenvalue weighted by molar-refractivity contribution is 5.34. The van der Waals surface area contributed by atoms with E-state index in [9.17, 15) is 0 Å². The van der Waals surface area contributed by atoms with E-state index in [4.69, 9.17) is 0 Å². The van der Waals surface area contributed by atoms with Gasteiger partial charge in [-0.1, -0.05) is 36.2 Å². The molecular weight excluding hydrogens is 246 g/mol. The zero-order chi connectivity index (χ0) is 14.5. The number of hydrogen-bond donors (Lipinski definition) is 1. The van der Waals surface area contributed by atoms with Gasteiger partial charge in [-0.15, -0.1) is 0 Å². The summed E-state index contributed by atoms with van der Waals surface area (Å²) in [5.41, 5.74) is 4.88. The van der Waals surface area contributed by atoms with Crippen LogP contribution in [0.15, 0.2) is 30.5 Å². The lowest BCUT2D eigenvalue weighted by molar-refractivity contribution is 0.583. The van der Waals surface area contributed by atoms with Crippen molar-refractivity contribution in [3.8, 4) is 0 Å². The first kappa shape index (κ1) is 14.7. The molecule has 1 heterocycles. The van der Waals surface area contributed by atoms with Crippen molar-refractivity contribution in [3.63, 3.8) is 0 Å². The molecule has 1 unspecified atom stereocenters. The minimum atomic E-state index is 0.134. The van der Waals surface area contributed by atoms with Gasteiger partial charge in [0.1, 0.15) is 5.82 Å². The Hall–Kier alpha value is -1.74. The molecule has 0 amide bonds. The minimum Gasteiger partial charge on any atom is -0.305 e.